The van der Waals surface area contributed by atoms with Gasteiger partial charge in [0.25, 0.3) is 0 Å². The molecule has 0 aliphatic heterocycles. The summed E-state index contributed by atoms with van der Waals surface area (Å²) >= 11 is 3.44. The van der Waals surface area contributed by atoms with Crippen molar-refractivity contribution in [3.05, 3.63) is 40.5 Å². The second kappa shape index (κ2) is 6.81. The van der Waals surface area contributed by atoms with Crippen LogP contribution in [0.25, 0.3) is 11.4 Å². The third-order valence-corrected chi connectivity index (χ3v) is 3.49. The molecule has 0 bridgehead atoms. The summed E-state index contributed by atoms with van der Waals surface area (Å²) in [4.78, 5) is 11.2. The highest BCUT2D eigenvalue weighted by Crippen LogP contribution is 2.21. The Morgan fingerprint density at radius 2 is 1.90 bits per heavy atom. The molecular weight excluding hydrogens is 318 g/mol. The van der Waals surface area contributed by atoms with Gasteiger partial charge in [-0.2, -0.15) is 0 Å². The minimum absolute atomic E-state index is 0.674. The number of benzene rings is 1. The number of hydrogen-bond donors (Lipinski definition) is 0. The molecule has 1 aromatic carbocycles. The van der Waals surface area contributed by atoms with Gasteiger partial charge in [-0.3, -0.25) is 0 Å². The van der Waals surface area contributed by atoms with Crippen LogP contribution in [0.4, 0.5) is 5.82 Å². The van der Waals surface area contributed by atoms with E-state index in [1.807, 2.05) is 44.3 Å². The first kappa shape index (κ1) is 14.9. The lowest BCUT2D eigenvalue weighted by atomic mass is 10.2. The van der Waals surface area contributed by atoms with Crippen LogP contribution in [0.5, 0.6) is 0 Å². The summed E-state index contributed by atoms with van der Waals surface area (Å²) in [6, 6.07) is 10.00. The minimum Gasteiger partial charge on any atom is -0.383 e. The predicted octanol–water partition coefficient (Wildman–Crippen LogP) is 3.30. The standard InChI is InChI=1S/C15H18BrN3O/c1-11-10-14(19(2)8-9-20-3)18-15(17-11)12-4-6-13(16)7-5-12/h4-7,10H,8-9H2,1-3H3. The molecule has 0 aliphatic rings. The maximum Gasteiger partial charge on any atom is 0.161 e. The highest BCUT2D eigenvalue weighted by molar-refractivity contribution is 9.10. The quantitative estimate of drug-likeness (QED) is 0.840. The van der Waals surface area contributed by atoms with Gasteiger partial charge in [0.2, 0.25) is 0 Å². The number of hydrogen-bond acceptors (Lipinski definition) is 4. The Bertz CT molecular complexity index is 572. The van der Waals surface area contributed by atoms with Crippen molar-refractivity contribution in [2.45, 2.75) is 6.92 Å². The number of halogens is 1. The Labute approximate surface area is 127 Å². The van der Waals surface area contributed by atoms with Crippen LogP contribution in [0.1, 0.15) is 5.69 Å². The average Bonchev–Trinajstić information content (AvgIpc) is 2.44. The highest BCUT2D eigenvalue weighted by Gasteiger charge is 2.08. The largest absolute Gasteiger partial charge is 0.383 e. The van der Waals surface area contributed by atoms with E-state index in [9.17, 15) is 0 Å². The van der Waals surface area contributed by atoms with Gasteiger partial charge in [-0.1, -0.05) is 28.1 Å². The third kappa shape index (κ3) is 3.77. The van der Waals surface area contributed by atoms with Gasteiger partial charge in [-0.15, -0.1) is 0 Å². The second-order valence-electron chi connectivity index (χ2n) is 4.61. The van der Waals surface area contributed by atoms with Crippen molar-refractivity contribution < 1.29 is 4.74 Å². The molecule has 0 atom stereocenters. The van der Waals surface area contributed by atoms with E-state index in [0.29, 0.717) is 6.61 Å². The van der Waals surface area contributed by atoms with Crippen LogP contribution < -0.4 is 4.90 Å². The molecule has 4 nitrogen and oxygen atoms in total. The van der Waals surface area contributed by atoms with Crippen molar-refractivity contribution in [2.75, 3.05) is 32.2 Å². The molecule has 5 heteroatoms. The van der Waals surface area contributed by atoms with Crippen LogP contribution in [0.3, 0.4) is 0 Å². The van der Waals surface area contributed by atoms with Crippen molar-refractivity contribution in [3.63, 3.8) is 0 Å². The predicted molar refractivity (Wildman–Crippen MR) is 85.1 cm³/mol. The maximum absolute atomic E-state index is 5.10. The minimum atomic E-state index is 0.674. The molecule has 20 heavy (non-hydrogen) atoms. The first-order valence-corrected chi connectivity index (χ1v) is 7.21. The van der Waals surface area contributed by atoms with E-state index < -0.39 is 0 Å². The fraction of sp³-hybridized carbons (Fsp3) is 0.333. The summed E-state index contributed by atoms with van der Waals surface area (Å²) in [5, 5.41) is 0. The lowest BCUT2D eigenvalue weighted by Crippen LogP contribution is -2.23. The van der Waals surface area contributed by atoms with Gasteiger partial charge < -0.3 is 9.64 Å². The molecule has 0 radical (unpaired) electrons. The summed E-state index contributed by atoms with van der Waals surface area (Å²) in [5.41, 5.74) is 1.97. The van der Waals surface area contributed by atoms with Gasteiger partial charge >= 0.3 is 0 Å². The molecule has 0 amide bonds. The average molecular weight is 336 g/mol. The van der Waals surface area contributed by atoms with E-state index >= 15 is 0 Å². The fourth-order valence-corrected chi connectivity index (χ4v) is 2.08. The molecule has 0 fully saturated rings. The number of nitrogens with zero attached hydrogens (tertiary/aromatic N) is 3. The Hall–Kier alpha value is -1.46. The molecule has 0 saturated carbocycles. The number of aromatic nitrogens is 2. The van der Waals surface area contributed by atoms with Crippen LogP contribution in [0.2, 0.25) is 0 Å². The number of anilines is 1. The van der Waals surface area contributed by atoms with Crippen molar-refractivity contribution in [2.24, 2.45) is 0 Å². The fourth-order valence-electron chi connectivity index (χ4n) is 1.82. The molecule has 1 aromatic heterocycles. The van der Waals surface area contributed by atoms with Gasteiger partial charge in [0.15, 0.2) is 5.82 Å². The van der Waals surface area contributed by atoms with Crippen molar-refractivity contribution >= 4 is 21.7 Å². The second-order valence-corrected chi connectivity index (χ2v) is 5.53. The third-order valence-electron chi connectivity index (χ3n) is 2.97. The SMILES string of the molecule is COCCN(C)c1cc(C)nc(-c2ccc(Br)cc2)n1. The van der Waals surface area contributed by atoms with Crippen molar-refractivity contribution in [3.8, 4) is 11.4 Å². The van der Waals surface area contributed by atoms with E-state index in [4.69, 9.17) is 4.74 Å². The van der Waals surface area contributed by atoms with Gasteiger partial charge in [-0.05, 0) is 19.1 Å². The Kier molecular flexibility index (Phi) is 5.09. The first-order valence-electron chi connectivity index (χ1n) is 6.42. The van der Waals surface area contributed by atoms with Crippen LogP contribution in [-0.2, 0) is 4.74 Å². The first-order chi connectivity index (χ1) is 9.60. The van der Waals surface area contributed by atoms with Crippen LogP contribution in [0, 0.1) is 6.92 Å². The lowest BCUT2D eigenvalue weighted by Gasteiger charge is -2.18. The molecule has 1 heterocycles. The Balaban J connectivity index is 2.30. The lowest BCUT2D eigenvalue weighted by molar-refractivity contribution is 0.206. The van der Waals surface area contributed by atoms with E-state index in [0.717, 1.165) is 33.9 Å². The van der Waals surface area contributed by atoms with E-state index in [-0.39, 0.29) is 0 Å². The van der Waals surface area contributed by atoms with Gasteiger partial charge in [-0.25, -0.2) is 9.97 Å². The zero-order valence-corrected chi connectivity index (χ0v) is 13.5. The van der Waals surface area contributed by atoms with Crippen molar-refractivity contribution in [1.82, 2.24) is 9.97 Å². The number of likely N-dealkylation sites (N-methyl/N-ethyl adjacent to an activating group) is 1. The molecule has 0 aliphatic carbocycles. The summed E-state index contributed by atoms with van der Waals surface area (Å²) in [5.74, 6) is 1.66. The molecule has 106 valence electrons. The smallest absolute Gasteiger partial charge is 0.161 e. The normalized spacial score (nSPS) is 10.6. The van der Waals surface area contributed by atoms with Gasteiger partial charge in [0.05, 0.1) is 6.61 Å². The van der Waals surface area contributed by atoms with Crippen molar-refractivity contribution in [1.29, 1.82) is 0 Å². The van der Waals surface area contributed by atoms with Gasteiger partial charge in [0.1, 0.15) is 5.82 Å². The maximum atomic E-state index is 5.10. The molecule has 2 aromatic rings. The van der Waals surface area contributed by atoms with Gasteiger partial charge in [0, 0.05) is 42.5 Å². The number of rotatable bonds is 5. The Morgan fingerprint density at radius 1 is 1.20 bits per heavy atom. The summed E-state index contributed by atoms with van der Waals surface area (Å²) < 4.78 is 6.15. The number of aryl methyl sites for hydroxylation is 1. The summed E-state index contributed by atoms with van der Waals surface area (Å²) in [6.45, 7) is 3.46. The Morgan fingerprint density at radius 3 is 2.55 bits per heavy atom. The zero-order chi connectivity index (χ0) is 14.5. The topological polar surface area (TPSA) is 38.2 Å². The molecule has 2 rings (SSSR count). The number of methoxy groups -OCH3 is 1. The molecule has 0 unspecified atom stereocenters. The van der Waals surface area contributed by atoms with Crippen LogP contribution >= 0.6 is 15.9 Å². The van der Waals surface area contributed by atoms with Crippen LogP contribution in [0.15, 0.2) is 34.8 Å². The zero-order valence-electron chi connectivity index (χ0n) is 11.9. The van der Waals surface area contributed by atoms with E-state index in [1.165, 1.54) is 0 Å². The summed E-state index contributed by atoms with van der Waals surface area (Å²) in [6.07, 6.45) is 0. The molecule has 0 saturated heterocycles. The van der Waals surface area contributed by atoms with E-state index in [1.54, 1.807) is 7.11 Å². The van der Waals surface area contributed by atoms with E-state index in [2.05, 4.69) is 30.8 Å². The van der Waals surface area contributed by atoms with Crippen LogP contribution in [-0.4, -0.2) is 37.3 Å². The number of ether oxygens (including phenoxy) is 1. The summed E-state index contributed by atoms with van der Waals surface area (Å²) in [7, 11) is 3.71. The molecule has 0 N–H and O–H groups in total. The monoisotopic (exact) mass is 335 g/mol. The molecular formula is C15H18BrN3O. The highest BCUT2D eigenvalue weighted by atomic mass is 79.9. The molecule has 0 spiro atoms.